The summed E-state index contributed by atoms with van der Waals surface area (Å²) in [5.74, 6) is 0.889. The van der Waals surface area contributed by atoms with Crippen LogP contribution >= 0.6 is 0 Å². The minimum Gasteiger partial charge on any atom is -0.372 e. The van der Waals surface area contributed by atoms with Crippen molar-refractivity contribution in [1.82, 2.24) is 9.97 Å². The number of hydrogen-bond donors (Lipinski definition) is 2. The molecule has 142 valence electrons. The molecule has 3 rings (SSSR count). The fourth-order valence-electron chi connectivity index (χ4n) is 3.27. The van der Waals surface area contributed by atoms with Crippen molar-refractivity contribution in [3.63, 3.8) is 0 Å². The third-order valence-corrected chi connectivity index (χ3v) is 4.81. The average Bonchev–Trinajstić information content (AvgIpc) is 2.72. The maximum Gasteiger partial charge on any atom is 0.136 e. The molecule has 0 fully saturated rings. The number of nitrogens with one attached hydrogen (secondary N) is 1. The molecule has 0 unspecified atom stereocenters. The maximum atomic E-state index is 5.60. The zero-order valence-corrected chi connectivity index (χ0v) is 16.3. The Labute approximate surface area is 161 Å². The summed E-state index contributed by atoms with van der Waals surface area (Å²) in [6.07, 6.45) is 3.87. The van der Waals surface area contributed by atoms with Crippen molar-refractivity contribution < 1.29 is 0 Å². The van der Waals surface area contributed by atoms with Gasteiger partial charge in [-0.15, -0.1) is 0 Å². The average molecular weight is 364 g/mol. The predicted octanol–water partition coefficient (Wildman–Crippen LogP) is 4.29. The third-order valence-electron chi connectivity index (χ3n) is 4.81. The number of unbranched alkanes of at least 4 members (excludes halogenated alkanes) is 1. The van der Waals surface area contributed by atoms with E-state index < -0.39 is 0 Å². The molecule has 0 radical (unpaired) electrons. The van der Waals surface area contributed by atoms with E-state index in [1.54, 1.807) is 0 Å². The molecule has 0 saturated heterocycles. The largest absolute Gasteiger partial charge is 0.372 e. The molecule has 2 aromatic heterocycles. The summed E-state index contributed by atoms with van der Waals surface area (Å²) < 4.78 is 0. The fourth-order valence-corrected chi connectivity index (χ4v) is 3.27. The van der Waals surface area contributed by atoms with Gasteiger partial charge in [-0.1, -0.05) is 12.1 Å². The van der Waals surface area contributed by atoms with Crippen LogP contribution in [0.5, 0.6) is 0 Å². The summed E-state index contributed by atoms with van der Waals surface area (Å²) >= 11 is 0. The lowest BCUT2D eigenvalue weighted by atomic mass is 10.1. The first-order valence-corrected chi connectivity index (χ1v) is 9.82. The highest BCUT2D eigenvalue weighted by Gasteiger charge is 2.09. The van der Waals surface area contributed by atoms with Gasteiger partial charge in [-0.2, -0.15) is 0 Å². The number of anilines is 2. The Bertz CT molecular complexity index is 856. The van der Waals surface area contributed by atoms with E-state index in [9.17, 15) is 0 Å². The van der Waals surface area contributed by atoms with Crippen molar-refractivity contribution in [2.45, 2.75) is 26.7 Å². The predicted molar refractivity (Wildman–Crippen MR) is 115 cm³/mol. The molecular weight excluding hydrogens is 334 g/mol. The molecule has 3 aromatic rings. The molecule has 0 aliphatic heterocycles. The molecule has 0 spiro atoms. The number of nitrogens with two attached hydrogens (primary N) is 1. The monoisotopic (exact) mass is 363 g/mol. The van der Waals surface area contributed by atoms with Crippen LogP contribution in [0.2, 0.25) is 0 Å². The summed E-state index contributed by atoms with van der Waals surface area (Å²) in [5.41, 5.74) is 9.83. The highest BCUT2D eigenvalue weighted by atomic mass is 15.1. The standard InChI is InChI=1S/C22H29N5/c1-3-27(4-2)18-11-9-17(10-12-18)20-16-21-19(8-7-15-24-21)22(26-20)25-14-6-5-13-23/h7-12,15-16H,3-6,13-14,23H2,1-2H3,(H,25,26). The summed E-state index contributed by atoms with van der Waals surface area (Å²) in [7, 11) is 0. The van der Waals surface area contributed by atoms with E-state index in [0.717, 1.165) is 67.0 Å². The first-order chi connectivity index (χ1) is 13.3. The number of nitrogens with zero attached hydrogens (tertiary/aromatic N) is 3. The van der Waals surface area contributed by atoms with Gasteiger partial charge in [0, 0.05) is 42.5 Å². The SMILES string of the molecule is CCN(CC)c1ccc(-c2cc3ncccc3c(NCCCCN)n2)cc1. The Balaban J connectivity index is 1.92. The highest BCUT2D eigenvalue weighted by molar-refractivity contribution is 5.92. The minimum absolute atomic E-state index is 0.719. The maximum absolute atomic E-state index is 5.60. The number of aromatic nitrogens is 2. The van der Waals surface area contributed by atoms with Crippen molar-refractivity contribution in [2.24, 2.45) is 5.73 Å². The molecule has 2 heterocycles. The molecule has 0 saturated carbocycles. The summed E-state index contributed by atoms with van der Waals surface area (Å²) in [4.78, 5) is 11.8. The molecule has 0 aliphatic carbocycles. The highest BCUT2D eigenvalue weighted by Crippen LogP contribution is 2.28. The van der Waals surface area contributed by atoms with Gasteiger partial charge in [0.15, 0.2) is 0 Å². The zero-order chi connectivity index (χ0) is 19.1. The molecule has 27 heavy (non-hydrogen) atoms. The Kier molecular flexibility index (Phi) is 6.60. The van der Waals surface area contributed by atoms with Crippen LogP contribution in [0.4, 0.5) is 11.5 Å². The minimum atomic E-state index is 0.719. The summed E-state index contributed by atoms with van der Waals surface area (Å²) in [5, 5.41) is 4.52. The van der Waals surface area contributed by atoms with Gasteiger partial charge in [-0.25, -0.2) is 4.98 Å². The lowest BCUT2D eigenvalue weighted by molar-refractivity contribution is 0.773. The summed E-state index contributed by atoms with van der Waals surface area (Å²) in [6, 6.07) is 14.7. The van der Waals surface area contributed by atoms with Crippen molar-refractivity contribution >= 4 is 22.4 Å². The van der Waals surface area contributed by atoms with E-state index in [1.807, 2.05) is 12.3 Å². The van der Waals surface area contributed by atoms with Gasteiger partial charge in [0.25, 0.3) is 0 Å². The molecule has 3 N–H and O–H groups in total. The smallest absolute Gasteiger partial charge is 0.136 e. The molecule has 5 nitrogen and oxygen atoms in total. The Morgan fingerprint density at radius 3 is 2.52 bits per heavy atom. The van der Waals surface area contributed by atoms with Crippen LogP contribution in [0.25, 0.3) is 22.2 Å². The van der Waals surface area contributed by atoms with Gasteiger partial charge in [0.2, 0.25) is 0 Å². The van der Waals surface area contributed by atoms with E-state index in [2.05, 4.69) is 65.4 Å². The van der Waals surface area contributed by atoms with Crippen LogP contribution in [0.1, 0.15) is 26.7 Å². The molecule has 0 atom stereocenters. The fraction of sp³-hybridized carbons (Fsp3) is 0.364. The van der Waals surface area contributed by atoms with E-state index >= 15 is 0 Å². The summed E-state index contributed by atoms with van der Waals surface area (Å²) in [6.45, 7) is 7.94. The van der Waals surface area contributed by atoms with E-state index in [1.165, 1.54) is 5.69 Å². The first-order valence-electron chi connectivity index (χ1n) is 9.82. The van der Waals surface area contributed by atoms with Crippen LogP contribution in [0.3, 0.4) is 0 Å². The van der Waals surface area contributed by atoms with Crippen LogP contribution in [0, 0.1) is 0 Å². The lowest BCUT2D eigenvalue weighted by Gasteiger charge is -2.21. The number of fused-ring (bicyclic) bond motifs is 1. The second-order valence-corrected chi connectivity index (χ2v) is 6.57. The molecule has 0 aliphatic rings. The van der Waals surface area contributed by atoms with Gasteiger partial charge in [0.1, 0.15) is 5.82 Å². The van der Waals surface area contributed by atoms with Crippen LogP contribution < -0.4 is 16.0 Å². The van der Waals surface area contributed by atoms with Crippen molar-refractivity contribution in [3.05, 3.63) is 48.7 Å². The topological polar surface area (TPSA) is 67.1 Å². The van der Waals surface area contributed by atoms with Crippen LogP contribution in [0.15, 0.2) is 48.7 Å². The second kappa shape index (κ2) is 9.33. The molecular formula is C22H29N5. The van der Waals surface area contributed by atoms with E-state index in [4.69, 9.17) is 10.7 Å². The Morgan fingerprint density at radius 2 is 1.81 bits per heavy atom. The van der Waals surface area contributed by atoms with E-state index in [-0.39, 0.29) is 0 Å². The van der Waals surface area contributed by atoms with Crippen molar-refractivity contribution in [1.29, 1.82) is 0 Å². The first kappa shape index (κ1) is 19.1. The van der Waals surface area contributed by atoms with Gasteiger partial charge in [-0.3, -0.25) is 4.98 Å². The molecule has 1 aromatic carbocycles. The van der Waals surface area contributed by atoms with Crippen molar-refractivity contribution in [3.8, 4) is 11.3 Å². The number of benzene rings is 1. The third kappa shape index (κ3) is 4.55. The zero-order valence-electron chi connectivity index (χ0n) is 16.3. The van der Waals surface area contributed by atoms with Gasteiger partial charge >= 0.3 is 0 Å². The second-order valence-electron chi connectivity index (χ2n) is 6.57. The van der Waals surface area contributed by atoms with Gasteiger partial charge in [0.05, 0.1) is 11.2 Å². The number of hydrogen-bond acceptors (Lipinski definition) is 5. The van der Waals surface area contributed by atoms with E-state index in [0.29, 0.717) is 0 Å². The molecule has 5 heteroatoms. The Morgan fingerprint density at radius 1 is 1.04 bits per heavy atom. The van der Waals surface area contributed by atoms with Crippen LogP contribution in [-0.2, 0) is 0 Å². The number of rotatable bonds is 9. The molecule has 0 amide bonds. The normalized spacial score (nSPS) is 10.9. The van der Waals surface area contributed by atoms with Crippen LogP contribution in [-0.4, -0.2) is 36.1 Å². The quantitative estimate of drug-likeness (QED) is 0.555. The number of pyridine rings is 2. The Hall–Kier alpha value is -2.66. The molecule has 0 bridgehead atoms. The van der Waals surface area contributed by atoms with Gasteiger partial charge < -0.3 is 16.0 Å². The lowest BCUT2D eigenvalue weighted by Crippen LogP contribution is -2.21. The van der Waals surface area contributed by atoms with Crippen molar-refractivity contribution in [2.75, 3.05) is 36.4 Å². The van der Waals surface area contributed by atoms with Gasteiger partial charge in [-0.05, 0) is 63.6 Å².